The quantitative estimate of drug-likeness (QED) is 0.723. The zero-order valence-corrected chi connectivity index (χ0v) is 11.1. The molecule has 0 aliphatic rings. The lowest BCUT2D eigenvalue weighted by Gasteiger charge is -2.02. The van der Waals surface area contributed by atoms with Crippen molar-refractivity contribution in [2.45, 2.75) is 12.8 Å². The molecule has 0 saturated heterocycles. The Hall–Kier alpha value is -2.55. The third kappa shape index (κ3) is 3.06. The zero-order chi connectivity index (χ0) is 13.6. The van der Waals surface area contributed by atoms with E-state index in [4.69, 9.17) is 0 Å². The van der Waals surface area contributed by atoms with Gasteiger partial charge in [0.05, 0.1) is 11.4 Å². The van der Waals surface area contributed by atoms with Gasteiger partial charge in [0, 0.05) is 6.20 Å². The van der Waals surface area contributed by atoms with Crippen LogP contribution in [-0.4, -0.2) is 15.2 Å². The molecule has 0 bridgehead atoms. The molecule has 0 radical (unpaired) electrons. The summed E-state index contributed by atoms with van der Waals surface area (Å²) in [6.07, 6.45) is 3.65. The maximum atomic E-state index is 4.28. The van der Waals surface area contributed by atoms with Crippen LogP contribution in [0.4, 0.5) is 0 Å². The van der Waals surface area contributed by atoms with Gasteiger partial charge in [-0.3, -0.25) is 4.98 Å². The van der Waals surface area contributed by atoms with Gasteiger partial charge < -0.3 is 0 Å². The minimum absolute atomic E-state index is 0.814. The minimum Gasteiger partial charge on any atom is -0.255 e. The first-order valence-corrected chi connectivity index (χ1v) is 6.70. The first kappa shape index (κ1) is 12.5. The summed E-state index contributed by atoms with van der Waals surface area (Å²) in [5.74, 6) is 0. The van der Waals surface area contributed by atoms with Crippen molar-refractivity contribution in [3.63, 3.8) is 0 Å². The van der Waals surface area contributed by atoms with Gasteiger partial charge in [-0.05, 0) is 42.7 Å². The number of pyridine rings is 1. The molecule has 20 heavy (non-hydrogen) atoms. The summed E-state index contributed by atoms with van der Waals surface area (Å²) < 4.78 is 0. The number of hydrogen-bond donors (Lipinski definition) is 0. The Kier molecular flexibility index (Phi) is 3.78. The van der Waals surface area contributed by atoms with E-state index in [1.165, 1.54) is 5.56 Å². The molecule has 0 saturated carbocycles. The van der Waals surface area contributed by atoms with E-state index in [2.05, 4.69) is 39.4 Å². The van der Waals surface area contributed by atoms with Crippen LogP contribution in [0.2, 0.25) is 0 Å². The summed E-state index contributed by atoms with van der Waals surface area (Å²) in [4.78, 5) is 4.27. The van der Waals surface area contributed by atoms with Crippen molar-refractivity contribution in [3.8, 4) is 11.4 Å². The highest BCUT2D eigenvalue weighted by molar-refractivity contribution is 5.52. The van der Waals surface area contributed by atoms with E-state index in [0.29, 0.717) is 0 Å². The maximum absolute atomic E-state index is 4.28. The molecule has 3 aromatic rings. The molecule has 3 nitrogen and oxygen atoms in total. The Morgan fingerprint density at radius 1 is 0.650 bits per heavy atom. The van der Waals surface area contributed by atoms with Crippen molar-refractivity contribution < 1.29 is 0 Å². The van der Waals surface area contributed by atoms with Crippen LogP contribution in [0, 0.1) is 0 Å². The monoisotopic (exact) mass is 261 g/mol. The van der Waals surface area contributed by atoms with E-state index in [1.807, 2.05) is 36.4 Å². The van der Waals surface area contributed by atoms with Gasteiger partial charge in [0.15, 0.2) is 0 Å². The molecule has 0 fully saturated rings. The number of nitrogens with zero attached hydrogens (tertiary/aromatic N) is 3. The first-order chi connectivity index (χ1) is 9.92. The molecule has 2 heterocycles. The van der Waals surface area contributed by atoms with Crippen LogP contribution >= 0.6 is 0 Å². The number of hydrogen-bond acceptors (Lipinski definition) is 3. The topological polar surface area (TPSA) is 38.7 Å². The largest absolute Gasteiger partial charge is 0.255 e. The van der Waals surface area contributed by atoms with Crippen molar-refractivity contribution in [3.05, 3.63) is 78.1 Å². The molecule has 2 aromatic heterocycles. The number of aryl methyl sites for hydroxylation is 2. The van der Waals surface area contributed by atoms with E-state index >= 15 is 0 Å². The third-order valence-corrected chi connectivity index (χ3v) is 3.16. The fraction of sp³-hybridized carbons (Fsp3) is 0.118. The molecule has 0 N–H and O–H groups in total. The van der Waals surface area contributed by atoms with Gasteiger partial charge in [-0.25, -0.2) is 0 Å². The van der Waals surface area contributed by atoms with Crippen LogP contribution in [0.25, 0.3) is 11.4 Å². The zero-order valence-electron chi connectivity index (χ0n) is 11.1. The van der Waals surface area contributed by atoms with Gasteiger partial charge in [0.25, 0.3) is 0 Å². The molecule has 0 atom stereocenters. The molecule has 0 aliphatic carbocycles. The molecule has 98 valence electrons. The fourth-order valence-corrected chi connectivity index (χ4v) is 2.06. The van der Waals surface area contributed by atoms with E-state index in [0.717, 1.165) is 29.9 Å². The maximum Gasteiger partial charge on any atom is 0.111 e. The summed E-state index contributed by atoms with van der Waals surface area (Å²) in [5, 5.41) is 8.53. The molecule has 0 aliphatic heterocycles. The second-order valence-electron chi connectivity index (χ2n) is 4.61. The molecule has 1 aromatic carbocycles. The molecule has 0 spiro atoms. The molecule has 3 rings (SSSR count). The number of aromatic nitrogens is 3. The summed E-state index contributed by atoms with van der Waals surface area (Å²) >= 11 is 0. The Bertz CT molecular complexity index is 649. The SMILES string of the molecule is c1ccc(CCc2ccc(-c3ccccn3)nn2)cc1. The first-order valence-electron chi connectivity index (χ1n) is 6.70. The molecular formula is C17H15N3. The van der Waals surface area contributed by atoms with Crippen LogP contribution in [0.1, 0.15) is 11.3 Å². The summed E-state index contributed by atoms with van der Waals surface area (Å²) in [7, 11) is 0. The van der Waals surface area contributed by atoms with Gasteiger partial charge in [-0.1, -0.05) is 36.4 Å². The van der Waals surface area contributed by atoms with Crippen molar-refractivity contribution in [2.24, 2.45) is 0 Å². The van der Waals surface area contributed by atoms with Crippen molar-refractivity contribution in [2.75, 3.05) is 0 Å². The van der Waals surface area contributed by atoms with Crippen LogP contribution in [0.3, 0.4) is 0 Å². The third-order valence-electron chi connectivity index (χ3n) is 3.16. The number of benzene rings is 1. The molecule has 3 heteroatoms. The predicted octanol–water partition coefficient (Wildman–Crippen LogP) is 3.32. The van der Waals surface area contributed by atoms with E-state index in [1.54, 1.807) is 6.20 Å². The van der Waals surface area contributed by atoms with Crippen molar-refractivity contribution >= 4 is 0 Å². The Balaban J connectivity index is 1.68. The standard InChI is InChI=1S/C17H15N3/c1-2-6-14(7-3-1)9-10-15-11-12-17(20-19-15)16-8-4-5-13-18-16/h1-8,11-13H,9-10H2. The second-order valence-corrected chi connectivity index (χ2v) is 4.61. The second kappa shape index (κ2) is 6.06. The average molecular weight is 261 g/mol. The van der Waals surface area contributed by atoms with Crippen LogP contribution in [0.15, 0.2) is 66.9 Å². The lowest BCUT2D eigenvalue weighted by molar-refractivity contribution is 0.860. The summed E-state index contributed by atoms with van der Waals surface area (Å²) in [6, 6.07) is 20.2. The minimum atomic E-state index is 0.814. The lowest BCUT2D eigenvalue weighted by Crippen LogP contribution is -1.98. The summed E-state index contributed by atoms with van der Waals surface area (Å²) in [5.41, 5.74) is 4.00. The van der Waals surface area contributed by atoms with E-state index < -0.39 is 0 Å². The lowest BCUT2D eigenvalue weighted by atomic mass is 10.1. The van der Waals surface area contributed by atoms with Crippen LogP contribution in [0.5, 0.6) is 0 Å². The van der Waals surface area contributed by atoms with Gasteiger partial charge in [0.1, 0.15) is 5.69 Å². The predicted molar refractivity (Wildman–Crippen MR) is 79.1 cm³/mol. The Labute approximate surface area is 118 Å². The van der Waals surface area contributed by atoms with Crippen LogP contribution in [-0.2, 0) is 12.8 Å². The average Bonchev–Trinajstić information content (AvgIpc) is 2.55. The highest BCUT2D eigenvalue weighted by Gasteiger charge is 2.02. The van der Waals surface area contributed by atoms with Gasteiger partial charge in [-0.15, -0.1) is 5.10 Å². The van der Waals surface area contributed by atoms with Gasteiger partial charge >= 0.3 is 0 Å². The molecule has 0 amide bonds. The normalized spacial score (nSPS) is 10.4. The Morgan fingerprint density at radius 3 is 2.20 bits per heavy atom. The Morgan fingerprint density at radius 2 is 1.50 bits per heavy atom. The molecular weight excluding hydrogens is 246 g/mol. The fourth-order valence-electron chi connectivity index (χ4n) is 2.06. The molecule has 0 unspecified atom stereocenters. The number of rotatable bonds is 4. The van der Waals surface area contributed by atoms with E-state index in [-0.39, 0.29) is 0 Å². The van der Waals surface area contributed by atoms with Gasteiger partial charge in [0.2, 0.25) is 0 Å². The highest BCUT2D eigenvalue weighted by atomic mass is 15.1. The van der Waals surface area contributed by atoms with E-state index in [9.17, 15) is 0 Å². The highest BCUT2D eigenvalue weighted by Crippen LogP contribution is 2.12. The van der Waals surface area contributed by atoms with Crippen molar-refractivity contribution in [1.82, 2.24) is 15.2 Å². The smallest absolute Gasteiger partial charge is 0.111 e. The van der Waals surface area contributed by atoms with Gasteiger partial charge in [-0.2, -0.15) is 5.10 Å². The summed E-state index contributed by atoms with van der Waals surface area (Å²) in [6.45, 7) is 0. The van der Waals surface area contributed by atoms with Crippen molar-refractivity contribution in [1.29, 1.82) is 0 Å². The van der Waals surface area contributed by atoms with Crippen LogP contribution < -0.4 is 0 Å².